The maximum atomic E-state index is 12.8. The number of carbonyl (C=O) groups is 1. The van der Waals surface area contributed by atoms with E-state index in [2.05, 4.69) is 10.3 Å². The van der Waals surface area contributed by atoms with Gasteiger partial charge in [0, 0.05) is 32.3 Å². The Morgan fingerprint density at radius 3 is 2.48 bits per heavy atom. The minimum atomic E-state index is -0.481. The Bertz CT molecular complexity index is 773. The Kier molecular flexibility index (Phi) is 4.83. The molecule has 1 amide bonds. The van der Waals surface area contributed by atoms with E-state index in [0.717, 1.165) is 37.3 Å². The Morgan fingerprint density at radius 1 is 1.16 bits per heavy atom. The fourth-order valence-corrected chi connectivity index (χ4v) is 2.98. The van der Waals surface area contributed by atoms with Gasteiger partial charge < -0.3 is 4.90 Å². The number of para-hydroxylation sites is 1. The highest BCUT2D eigenvalue weighted by Gasteiger charge is 2.23. The number of nitro groups is 1. The molecule has 0 aromatic heterocycles. The molecule has 1 heterocycles. The number of nitrogens with zero attached hydrogens (tertiary/aromatic N) is 3. The maximum Gasteiger partial charge on any atom is 0.272 e. The van der Waals surface area contributed by atoms with E-state index in [1.165, 1.54) is 12.1 Å². The zero-order valence-electron chi connectivity index (χ0n) is 14.0. The van der Waals surface area contributed by atoms with Crippen molar-refractivity contribution < 1.29 is 9.72 Å². The van der Waals surface area contributed by atoms with Crippen molar-refractivity contribution in [1.82, 2.24) is 5.43 Å². The van der Waals surface area contributed by atoms with Crippen LogP contribution in [0.5, 0.6) is 0 Å². The highest BCUT2D eigenvalue weighted by molar-refractivity contribution is 6.01. The fraction of sp³-hybridized carbons (Fsp3) is 0.278. The average molecular weight is 340 g/mol. The van der Waals surface area contributed by atoms with Gasteiger partial charge in [-0.15, -0.1) is 0 Å². The van der Waals surface area contributed by atoms with Gasteiger partial charge in [-0.2, -0.15) is 0 Å². The fourth-order valence-electron chi connectivity index (χ4n) is 2.98. The van der Waals surface area contributed by atoms with Crippen LogP contribution >= 0.6 is 0 Å². The second-order valence-corrected chi connectivity index (χ2v) is 5.99. The van der Waals surface area contributed by atoms with Gasteiger partial charge in [-0.3, -0.25) is 25.3 Å². The number of anilines is 2. The first kappa shape index (κ1) is 16.8. The molecule has 0 bridgehead atoms. The molecule has 1 aliphatic heterocycles. The van der Waals surface area contributed by atoms with Crippen LogP contribution in [0.4, 0.5) is 17.1 Å². The zero-order chi connectivity index (χ0) is 17.8. The second kappa shape index (κ2) is 7.21. The van der Waals surface area contributed by atoms with Crippen LogP contribution in [0.25, 0.3) is 0 Å². The van der Waals surface area contributed by atoms with Gasteiger partial charge >= 0.3 is 0 Å². The lowest BCUT2D eigenvalue weighted by Crippen LogP contribution is -2.40. The zero-order valence-corrected chi connectivity index (χ0v) is 14.0. The highest BCUT2D eigenvalue weighted by atomic mass is 16.6. The lowest BCUT2D eigenvalue weighted by atomic mass is 10.1. The quantitative estimate of drug-likeness (QED) is 0.669. The first-order valence-electron chi connectivity index (χ1n) is 8.19. The summed E-state index contributed by atoms with van der Waals surface area (Å²) in [5, 5.41) is 12.7. The van der Waals surface area contributed by atoms with Crippen molar-refractivity contribution in [1.29, 1.82) is 0 Å². The van der Waals surface area contributed by atoms with E-state index in [0.29, 0.717) is 5.56 Å². The Morgan fingerprint density at radius 2 is 1.84 bits per heavy atom. The SMILES string of the molecule is CN(NC(=O)c1cc([N+](=O)[O-])ccc1N1CCCC1)c1ccccc1. The number of benzene rings is 2. The summed E-state index contributed by atoms with van der Waals surface area (Å²) in [7, 11) is 1.74. The summed E-state index contributed by atoms with van der Waals surface area (Å²) >= 11 is 0. The van der Waals surface area contributed by atoms with Crippen molar-refractivity contribution in [3.63, 3.8) is 0 Å². The Hall–Kier alpha value is -3.09. The number of nitrogens with one attached hydrogen (secondary N) is 1. The maximum absolute atomic E-state index is 12.8. The number of hydrogen-bond acceptors (Lipinski definition) is 5. The van der Waals surface area contributed by atoms with Crippen LogP contribution < -0.4 is 15.3 Å². The van der Waals surface area contributed by atoms with Crippen LogP contribution in [0, 0.1) is 10.1 Å². The number of nitro benzene ring substituents is 1. The van der Waals surface area contributed by atoms with Crippen LogP contribution in [0.2, 0.25) is 0 Å². The molecule has 130 valence electrons. The van der Waals surface area contributed by atoms with Crippen molar-refractivity contribution in [3.8, 4) is 0 Å². The topological polar surface area (TPSA) is 78.7 Å². The number of hydrazine groups is 1. The van der Waals surface area contributed by atoms with Gasteiger partial charge in [0.05, 0.1) is 21.9 Å². The van der Waals surface area contributed by atoms with Crippen LogP contribution in [-0.2, 0) is 0 Å². The molecule has 0 saturated carbocycles. The van der Waals surface area contributed by atoms with Gasteiger partial charge in [0.15, 0.2) is 0 Å². The van der Waals surface area contributed by atoms with Gasteiger partial charge in [-0.1, -0.05) is 18.2 Å². The molecule has 3 rings (SSSR count). The van der Waals surface area contributed by atoms with E-state index in [4.69, 9.17) is 0 Å². The predicted molar refractivity (Wildman–Crippen MR) is 96.9 cm³/mol. The summed E-state index contributed by atoms with van der Waals surface area (Å²) in [5.74, 6) is -0.364. The molecule has 25 heavy (non-hydrogen) atoms. The van der Waals surface area contributed by atoms with Gasteiger partial charge in [0.25, 0.3) is 11.6 Å². The average Bonchev–Trinajstić information content (AvgIpc) is 3.16. The lowest BCUT2D eigenvalue weighted by Gasteiger charge is -2.24. The molecule has 1 saturated heterocycles. The summed E-state index contributed by atoms with van der Waals surface area (Å²) in [6.07, 6.45) is 2.12. The van der Waals surface area contributed by atoms with Crippen LogP contribution in [0.1, 0.15) is 23.2 Å². The summed E-state index contributed by atoms with van der Waals surface area (Å²) in [6, 6.07) is 13.9. The summed E-state index contributed by atoms with van der Waals surface area (Å²) in [6.45, 7) is 1.71. The molecule has 0 atom stereocenters. The molecule has 0 unspecified atom stereocenters. The van der Waals surface area contributed by atoms with E-state index in [1.807, 2.05) is 30.3 Å². The molecule has 7 heteroatoms. The highest BCUT2D eigenvalue weighted by Crippen LogP contribution is 2.28. The Balaban J connectivity index is 1.88. The molecule has 1 aliphatic rings. The molecule has 1 N–H and O–H groups in total. The van der Waals surface area contributed by atoms with Gasteiger partial charge in [-0.05, 0) is 31.0 Å². The van der Waals surface area contributed by atoms with Crippen LogP contribution in [0.3, 0.4) is 0 Å². The van der Waals surface area contributed by atoms with Gasteiger partial charge in [-0.25, -0.2) is 0 Å². The first-order chi connectivity index (χ1) is 12.1. The number of hydrogen-bond donors (Lipinski definition) is 1. The van der Waals surface area contributed by atoms with Crippen molar-refractivity contribution >= 4 is 23.0 Å². The van der Waals surface area contributed by atoms with E-state index in [1.54, 1.807) is 18.1 Å². The van der Waals surface area contributed by atoms with E-state index in [-0.39, 0.29) is 11.6 Å². The summed E-state index contributed by atoms with van der Waals surface area (Å²) < 4.78 is 0. The Labute approximate surface area is 146 Å². The second-order valence-electron chi connectivity index (χ2n) is 5.99. The van der Waals surface area contributed by atoms with E-state index >= 15 is 0 Å². The van der Waals surface area contributed by atoms with Gasteiger partial charge in [0.2, 0.25) is 0 Å². The number of carbonyl (C=O) groups excluding carboxylic acids is 1. The van der Waals surface area contributed by atoms with Crippen molar-refractivity contribution in [2.75, 3.05) is 30.0 Å². The minimum absolute atomic E-state index is 0.0875. The first-order valence-corrected chi connectivity index (χ1v) is 8.19. The predicted octanol–water partition coefficient (Wildman–Crippen LogP) is 2.98. The standard InChI is InChI=1S/C18H20N4O3/c1-20(14-7-3-2-4-8-14)19-18(23)16-13-15(22(24)25)9-10-17(16)21-11-5-6-12-21/h2-4,7-10,13H,5-6,11-12H2,1H3,(H,19,23). The molecule has 1 fully saturated rings. The molecule has 0 aliphatic carbocycles. The third-order valence-corrected chi connectivity index (χ3v) is 4.30. The van der Waals surface area contributed by atoms with E-state index in [9.17, 15) is 14.9 Å². The summed E-state index contributed by atoms with van der Waals surface area (Å²) in [5.41, 5.74) is 4.58. The molecule has 2 aromatic rings. The number of non-ortho nitro benzene ring substituents is 1. The van der Waals surface area contributed by atoms with Crippen molar-refractivity contribution in [2.45, 2.75) is 12.8 Å². The molecule has 2 aromatic carbocycles. The molecule has 7 nitrogen and oxygen atoms in total. The largest absolute Gasteiger partial charge is 0.371 e. The van der Waals surface area contributed by atoms with Gasteiger partial charge in [0.1, 0.15) is 0 Å². The lowest BCUT2D eigenvalue weighted by molar-refractivity contribution is -0.384. The monoisotopic (exact) mass is 340 g/mol. The summed E-state index contributed by atoms with van der Waals surface area (Å²) in [4.78, 5) is 25.5. The smallest absolute Gasteiger partial charge is 0.272 e. The number of rotatable bonds is 5. The molecule has 0 radical (unpaired) electrons. The molecular weight excluding hydrogens is 320 g/mol. The molecular formula is C18H20N4O3. The number of amides is 1. The van der Waals surface area contributed by atoms with Crippen molar-refractivity contribution in [3.05, 3.63) is 64.2 Å². The molecule has 0 spiro atoms. The van der Waals surface area contributed by atoms with Crippen LogP contribution in [0.15, 0.2) is 48.5 Å². The minimum Gasteiger partial charge on any atom is -0.371 e. The third kappa shape index (κ3) is 3.71. The normalized spacial score (nSPS) is 13.6. The van der Waals surface area contributed by atoms with E-state index < -0.39 is 4.92 Å². The van der Waals surface area contributed by atoms with Crippen LogP contribution in [-0.4, -0.2) is 31.0 Å². The van der Waals surface area contributed by atoms with Crippen molar-refractivity contribution in [2.24, 2.45) is 0 Å². The third-order valence-electron chi connectivity index (χ3n) is 4.30.